The van der Waals surface area contributed by atoms with Gasteiger partial charge in [-0.25, -0.2) is 23.1 Å². The molecule has 4 aromatic carbocycles. The predicted octanol–water partition coefficient (Wildman–Crippen LogP) is 7.25. The van der Waals surface area contributed by atoms with Gasteiger partial charge in [-0.3, -0.25) is 4.79 Å². The van der Waals surface area contributed by atoms with Crippen LogP contribution >= 0.6 is 23.4 Å². The van der Waals surface area contributed by atoms with E-state index in [1.807, 2.05) is 67.6 Å². The number of carbonyl (C=O) groups excluding carboxylic acids is 1. The predicted molar refractivity (Wildman–Crippen MR) is 162 cm³/mol. The lowest BCUT2D eigenvalue weighted by atomic mass is 10.2. The monoisotopic (exact) mass is 588 g/mol. The maximum Gasteiger partial charge on any atom is 0.265 e. The van der Waals surface area contributed by atoms with Crippen LogP contribution in [0, 0.1) is 13.8 Å². The van der Waals surface area contributed by atoms with Gasteiger partial charge >= 0.3 is 0 Å². The summed E-state index contributed by atoms with van der Waals surface area (Å²) in [7, 11) is -4.22. The molecule has 10 heteroatoms. The van der Waals surface area contributed by atoms with Crippen LogP contribution in [-0.4, -0.2) is 24.3 Å². The molecule has 1 heterocycles. The third-order valence-electron chi connectivity index (χ3n) is 6.13. The van der Waals surface area contributed by atoms with Crippen LogP contribution in [0.5, 0.6) is 0 Å². The van der Waals surface area contributed by atoms with Gasteiger partial charge in [-0.15, -0.1) is 11.8 Å². The molecule has 0 saturated heterocycles. The molecule has 1 amide bonds. The van der Waals surface area contributed by atoms with Crippen molar-refractivity contribution in [1.82, 2.24) is 9.97 Å². The summed E-state index contributed by atoms with van der Waals surface area (Å²) in [5, 5.41) is 3.75. The molecule has 202 valence electrons. The average molecular weight is 589 g/mol. The van der Waals surface area contributed by atoms with E-state index in [2.05, 4.69) is 20.0 Å². The smallest absolute Gasteiger partial charge is 0.265 e. The van der Waals surface area contributed by atoms with Gasteiger partial charge in [0.2, 0.25) is 5.95 Å². The highest BCUT2D eigenvalue weighted by atomic mass is 35.5. The van der Waals surface area contributed by atoms with Crippen molar-refractivity contribution in [2.24, 2.45) is 0 Å². The van der Waals surface area contributed by atoms with Gasteiger partial charge in [0.1, 0.15) is 4.90 Å². The molecule has 0 saturated carbocycles. The maximum atomic E-state index is 13.8. The van der Waals surface area contributed by atoms with Gasteiger partial charge < -0.3 is 5.32 Å². The standard InChI is InChI=1S/C30H25ClN4O3S2/c1-19-12-14-22(15-13-19)33-29(36)24-16-28(27(17-25(24)31)39-18-21-8-4-3-5-9-21)40(37,38)35-30-32-20(2)23-10-6-7-11-26(23)34-30/h3-17H,18H2,1-2H3,(H,33,36)(H,32,34,35). The number of rotatable bonds is 8. The second-order valence-corrected chi connectivity index (χ2v) is 12.2. The SMILES string of the molecule is Cc1ccc(NC(=O)c2cc(S(=O)(=O)Nc3nc(C)c4ccccc4n3)c(SCc3ccccc3)cc2Cl)cc1. The van der Waals surface area contributed by atoms with Crippen molar-refractivity contribution in [2.75, 3.05) is 10.0 Å². The van der Waals surface area contributed by atoms with Crippen molar-refractivity contribution in [3.63, 3.8) is 0 Å². The number of aryl methyl sites for hydroxylation is 2. The Hall–Kier alpha value is -3.92. The number of amides is 1. The molecule has 7 nitrogen and oxygen atoms in total. The Balaban J connectivity index is 1.53. The fourth-order valence-electron chi connectivity index (χ4n) is 4.06. The molecule has 0 spiro atoms. The number of hydrogen-bond acceptors (Lipinski definition) is 6. The van der Waals surface area contributed by atoms with Gasteiger partial charge in [-0.2, -0.15) is 0 Å². The number of anilines is 2. The molecule has 5 rings (SSSR count). The fraction of sp³-hybridized carbons (Fsp3) is 0.100. The minimum atomic E-state index is -4.22. The number of halogens is 1. The molecule has 0 atom stereocenters. The highest BCUT2D eigenvalue weighted by Gasteiger charge is 2.25. The summed E-state index contributed by atoms with van der Waals surface area (Å²) in [4.78, 5) is 22.2. The van der Waals surface area contributed by atoms with Gasteiger partial charge in [-0.05, 0) is 49.7 Å². The van der Waals surface area contributed by atoms with Crippen LogP contribution in [0.3, 0.4) is 0 Å². The number of hydrogen-bond donors (Lipinski definition) is 2. The third kappa shape index (κ3) is 6.28. The van der Waals surface area contributed by atoms with Crippen molar-refractivity contribution >= 4 is 61.8 Å². The van der Waals surface area contributed by atoms with Crippen LogP contribution in [0.2, 0.25) is 5.02 Å². The lowest BCUT2D eigenvalue weighted by Crippen LogP contribution is -2.19. The quantitative estimate of drug-likeness (QED) is 0.185. The van der Waals surface area contributed by atoms with Gasteiger partial charge in [0.15, 0.2) is 0 Å². The Kier molecular flexibility index (Phi) is 8.07. The van der Waals surface area contributed by atoms with Crippen molar-refractivity contribution in [1.29, 1.82) is 0 Å². The summed E-state index contributed by atoms with van der Waals surface area (Å²) in [6.07, 6.45) is 0. The van der Waals surface area contributed by atoms with E-state index in [0.717, 1.165) is 16.5 Å². The molecule has 1 aromatic heterocycles. The summed E-state index contributed by atoms with van der Waals surface area (Å²) in [5.74, 6) is -0.0845. The zero-order valence-corrected chi connectivity index (χ0v) is 24.1. The summed E-state index contributed by atoms with van der Waals surface area (Å²) >= 11 is 7.86. The zero-order valence-electron chi connectivity index (χ0n) is 21.7. The summed E-state index contributed by atoms with van der Waals surface area (Å²) in [6.45, 7) is 3.73. The highest BCUT2D eigenvalue weighted by molar-refractivity contribution is 7.99. The third-order valence-corrected chi connectivity index (χ3v) is 9.07. The van der Waals surface area contributed by atoms with Gasteiger partial charge in [0.05, 0.1) is 21.8 Å². The van der Waals surface area contributed by atoms with Crippen LogP contribution in [0.15, 0.2) is 101 Å². The van der Waals surface area contributed by atoms with E-state index in [4.69, 9.17) is 11.6 Å². The largest absolute Gasteiger partial charge is 0.322 e. The van der Waals surface area contributed by atoms with Gasteiger partial charge in [-0.1, -0.05) is 77.8 Å². The molecular weight excluding hydrogens is 564 g/mol. The number of benzene rings is 4. The average Bonchev–Trinajstić information content (AvgIpc) is 2.93. The first kappa shape index (κ1) is 27.6. The molecule has 0 aliphatic carbocycles. The van der Waals surface area contributed by atoms with Crippen LogP contribution in [-0.2, 0) is 15.8 Å². The van der Waals surface area contributed by atoms with Crippen LogP contribution in [0.25, 0.3) is 10.9 Å². The number of thioether (sulfide) groups is 1. The number of nitrogens with one attached hydrogen (secondary N) is 2. The Morgan fingerprint density at radius 1 is 0.900 bits per heavy atom. The van der Waals surface area contributed by atoms with Crippen molar-refractivity contribution in [3.05, 3.63) is 118 Å². The molecule has 0 aliphatic rings. The summed E-state index contributed by atoms with van der Waals surface area (Å²) in [6, 6.07) is 27.1. The molecule has 2 N–H and O–H groups in total. The second-order valence-electron chi connectivity index (χ2n) is 9.13. The molecule has 5 aromatic rings. The van der Waals surface area contributed by atoms with Crippen LogP contribution < -0.4 is 10.0 Å². The number of sulfonamides is 1. The number of aromatic nitrogens is 2. The first-order valence-corrected chi connectivity index (χ1v) is 15.2. The van der Waals surface area contributed by atoms with Crippen molar-refractivity contribution < 1.29 is 13.2 Å². The minimum absolute atomic E-state index is 0.0299. The molecule has 0 aliphatic heterocycles. The lowest BCUT2D eigenvalue weighted by Gasteiger charge is -2.15. The normalized spacial score (nSPS) is 11.4. The number of para-hydroxylation sites is 1. The molecule has 40 heavy (non-hydrogen) atoms. The minimum Gasteiger partial charge on any atom is -0.322 e. The molecule has 0 unspecified atom stereocenters. The summed E-state index contributed by atoms with van der Waals surface area (Å²) < 4.78 is 30.1. The Bertz CT molecular complexity index is 1810. The maximum absolute atomic E-state index is 13.8. The topological polar surface area (TPSA) is 101 Å². The Morgan fingerprint density at radius 3 is 2.35 bits per heavy atom. The zero-order chi connectivity index (χ0) is 28.3. The summed E-state index contributed by atoms with van der Waals surface area (Å²) in [5.41, 5.74) is 3.90. The number of nitrogens with zero attached hydrogens (tertiary/aromatic N) is 2. The van der Waals surface area contributed by atoms with Crippen LogP contribution in [0.4, 0.5) is 11.6 Å². The Morgan fingerprint density at radius 2 is 1.60 bits per heavy atom. The lowest BCUT2D eigenvalue weighted by molar-refractivity contribution is 0.102. The van der Waals surface area contributed by atoms with E-state index in [1.165, 1.54) is 23.9 Å². The molecule has 0 fully saturated rings. The Labute approximate surface area is 242 Å². The second kappa shape index (κ2) is 11.7. The van der Waals surface area contributed by atoms with Gasteiger partial charge in [0, 0.05) is 21.7 Å². The molecular formula is C30H25ClN4O3S2. The molecule has 0 bridgehead atoms. The van der Waals surface area contributed by atoms with E-state index >= 15 is 0 Å². The molecule has 0 radical (unpaired) electrons. The highest BCUT2D eigenvalue weighted by Crippen LogP contribution is 2.35. The van der Waals surface area contributed by atoms with Crippen molar-refractivity contribution in [3.8, 4) is 0 Å². The van der Waals surface area contributed by atoms with E-state index in [9.17, 15) is 13.2 Å². The first-order chi connectivity index (χ1) is 19.2. The fourth-order valence-corrected chi connectivity index (χ4v) is 6.83. The van der Waals surface area contributed by atoms with Crippen LogP contribution in [0.1, 0.15) is 27.2 Å². The van der Waals surface area contributed by atoms with Crippen molar-refractivity contribution in [2.45, 2.75) is 29.4 Å². The van der Waals surface area contributed by atoms with E-state index in [-0.39, 0.29) is 21.4 Å². The van der Waals surface area contributed by atoms with Gasteiger partial charge in [0.25, 0.3) is 15.9 Å². The van der Waals surface area contributed by atoms with E-state index < -0.39 is 15.9 Å². The number of fused-ring (bicyclic) bond motifs is 1. The van der Waals surface area contributed by atoms with E-state index in [1.54, 1.807) is 25.1 Å². The number of carbonyl (C=O) groups is 1. The first-order valence-electron chi connectivity index (χ1n) is 12.3. The van der Waals surface area contributed by atoms with E-state index in [0.29, 0.717) is 27.5 Å².